The molecule has 2 N–H and O–H groups in total. The minimum atomic E-state index is -0.306. The number of pyridine rings is 1. The Balaban J connectivity index is 1.70. The average molecular weight is 380 g/mol. The van der Waals surface area contributed by atoms with E-state index in [0.29, 0.717) is 28.4 Å². The molecule has 2 aromatic carbocycles. The lowest BCUT2D eigenvalue weighted by Crippen LogP contribution is -2.23. The van der Waals surface area contributed by atoms with Crippen LogP contribution in [0.15, 0.2) is 66.9 Å². The van der Waals surface area contributed by atoms with E-state index in [2.05, 4.69) is 15.6 Å². The van der Waals surface area contributed by atoms with E-state index >= 15 is 0 Å². The fraction of sp³-hybridized carbons (Fsp3) is 0.0952. The number of aromatic nitrogens is 1. The van der Waals surface area contributed by atoms with Gasteiger partial charge in [0.05, 0.1) is 12.2 Å². The summed E-state index contributed by atoms with van der Waals surface area (Å²) in [6.07, 6.45) is 1.67. The number of carbonyl (C=O) groups is 2. The van der Waals surface area contributed by atoms with Crippen LogP contribution >= 0.6 is 11.6 Å². The van der Waals surface area contributed by atoms with E-state index in [0.717, 1.165) is 11.3 Å². The van der Waals surface area contributed by atoms with E-state index in [1.54, 1.807) is 48.7 Å². The molecule has 6 heteroatoms. The molecule has 0 aliphatic carbocycles. The van der Waals surface area contributed by atoms with Gasteiger partial charge in [0.25, 0.3) is 11.8 Å². The summed E-state index contributed by atoms with van der Waals surface area (Å²) in [6.45, 7) is 2.15. The van der Waals surface area contributed by atoms with Crippen LogP contribution in [0, 0.1) is 6.92 Å². The highest BCUT2D eigenvalue weighted by molar-refractivity contribution is 6.31. The van der Waals surface area contributed by atoms with Gasteiger partial charge in [-0.3, -0.25) is 14.6 Å². The Labute approximate surface area is 162 Å². The molecular formula is C21H18ClN3O2. The number of nitrogens with zero attached hydrogens (tertiary/aromatic N) is 1. The van der Waals surface area contributed by atoms with Gasteiger partial charge in [0.1, 0.15) is 0 Å². The summed E-state index contributed by atoms with van der Waals surface area (Å²) in [7, 11) is 0. The molecule has 0 unspecified atom stereocenters. The number of carbonyl (C=O) groups excluding carboxylic acids is 2. The molecule has 0 atom stereocenters. The number of benzene rings is 2. The Morgan fingerprint density at radius 3 is 2.44 bits per heavy atom. The first-order valence-corrected chi connectivity index (χ1v) is 8.77. The molecule has 5 nitrogen and oxygen atoms in total. The van der Waals surface area contributed by atoms with Gasteiger partial charge < -0.3 is 10.6 Å². The molecule has 1 heterocycles. The summed E-state index contributed by atoms with van der Waals surface area (Å²) in [6, 6.07) is 17.4. The SMILES string of the molecule is Cc1c(Cl)cccc1NC(=O)c1cccc(C(=O)NCc2ccccn2)c1. The minimum absolute atomic E-state index is 0.269. The van der Waals surface area contributed by atoms with Crippen LogP contribution in [0.1, 0.15) is 32.0 Å². The van der Waals surface area contributed by atoms with Crippen molar-refractivity contribution in [3.8, 4) is 0 Å². The zero-order chi connectivity index (χ0) is 19.2. The summed E-state index contributed by atoms with van der Waals surface area (Å²) in [5, 5.41) is 6.20. The molecule has 0 radical (unpaired) electrons. The molecule has 0 saturated heterocycles. The summed E-state index contributed by atoms with van der Waals surface area (Å²) >= 11 is 6.09. The monoisotopic (exact) mass is 379 g/mol. The van der Waals surface area contributed by atoms with Crippen LogP contribution in [0.2, 0.25) is 5.02 Å². The Morgan fingerprint density at radius 1 is 0.963 bits per heavy atom. The van der Waals surface area contributed by atoms with Crippen molar-refractivity contribution in [2.45, 2.75) is 13.5 Å². The highest BCUT2D eigenvalue weighted by Gasteiger charge is 2.12. The normalized spacial score (nSPS) is 10.3. The second kappa shape index (κ2) is 8.47. The lowest BCUT2D eigenvalue weighted by molar-refractivity contribution is 0.0950. The zero-order valence-electron chi connectivity index (χ0n) is 14.7. The van der Waals surface area contributed by atoms with Crippen molar-refractivity contribution in [2.24, 2.45) is 0 Å². The van der Waals surface area contributed by atoms with Crippen LogP contribution in [-0.2, 0) is 6.54 Å². The van der Waals surface area contributed by atoms with Crippen molar-refractivity contribution in [3.05, 3.63) is 94.3 Å². The quantitative estimate of drug-likeness (QED) is 0.697. The first-order valence-electron chi connectivity index (χ1n) is 8.39. The molecule has 3 rings (SSSR count). The van der Waals surface area contributed by atoms with Gasteiger partial charge in [-0.1, -0.05) is 29.8 Å². The van der Waals surface area contributed by atoms with Crippen molar-refractivity contribution in [3.63, 3.8) is 0 Å². The molecule has 0 aliphatic rings. The third-order valence-corrected chi connectivity index (χ3v) is 4.47. The largest absolute Gasteiger partial charge is 0.346 e. The number of amides is 2. The van der Waals surface area contributed by atoms with Crippen LogP contribution < -0.4 is 10.6 Å². The Bertz CT molecular complexity index is 974. The van der Waals surface area contributed by atoms with Crippen molar-refractivity contribution >= 4 is 29.1 Å². The molecule has 3 aromatic rings. The van der Waals surface area contributed by atoms with Gasteiger partial charge in [0.15, 0.2) is 0 Å². The van der Waals surface area contributed by atoms with Crippen LogP contribution in [0.5, 0.6) is 0 Å². The minimum Gasteiger partial charge on any atom is -0.346 e. The van der Waals surface area contributed by atoms with Crippen LogP contribution in [0.3, 0.4) is 0 Å². The first-order chi connectivity index (χ1) is 13.0. The molecular weight excluding hydrogens is 362 g/mol. The maximum atomic E-state index is 12.5. The standard InChI is InChI=1S/C21H18ClN3O2/c1-14-18(22)9-5-10-19(14)25-21(27)16-7-4-6-15(12-16)20(26)24-13-17-8-2-3-11-23-17/h2-12H,13H2,1H3,(H,24,26)(H,25,27). The van der Waals surface area contributed by atoms with Gasteiger partial charge in [-0.2, -0.15) is 0 Å². The van der Waals surface area contributed by atoms with E-state index in [1.165, 1.54) is 0 Å². The highest BCUT2D eigenvalue weighted by Crippen LogP contribution is 2.23. The fourth-order valence-corrected chi connectivity index (χ4v) is 2.69. The molecule has 136 valence electrons. The number of hydrogen-bond acceptors (Lipinski definition) is 3. The van der Waals surface area contributed by atoms with Crippen molar-refractivity contribution in [1.82, 2.24) is 10.3 Å². The Kier molecular flexibility index (Phi) is 5.84. The van der Waals surface area contributed by atoms with Gasteiger partial charge >= 0.3 is 0 Å². The van der Waals surface area contributed by atoms with E-state index in [1.807, 2.05) is 25.1 Å². The van der Waals surface area contributed by atoms with E-state index in [4.69, 9.17) is 11.6 Å². The van der Waals surface area contributed by atoms with Gasteiger partial charge in [-0.05, 0) is 55.0 Å². The van der Waals surface area contributed by atoms with Crippen molar-refractivity contribution in [1.29, 1.82) is 0 Å². The maximum Gasteiger partial charge on any atom is 0.255 e. The van der Waals surface area contributed by atoms with Gasteiger partial charge in [0.2, 0.25) is 0 Å². The molecule has 0 aliphatic heterocycles. The predicted octanol–water partition coefficient (Wildman–Crippen LogP) is 4.23. The molecule has 0 fully saturated rings. The topological polar surface area (TPSA) is 71.1 Å². The number of nitrogens with one attached hydrogen (secondary N) is 2. The summed E-state index contributed by atoms with van der Waals surface area (Å²) in [4.78, 5) is 29.1. The van der Waals surface area contributed by atoms with Gasteiger partial charge in [-0.25, -0.2) is 0 Å². The molecule has 2 amide bonds. The highest BCUT2D eigenvalue weighted by atomic mass is 35.5. The van der Waals surface area contributed by atoms with E-state index in [-0.39, 0.29) is 11.8 Å². The molecule has 0 saturated carbocycles. The molecule has 1 aromatic heterocycles. The predicted molar refractivity (Wildman–Crippen MR) is 106 cm³/mol. The van der Waals surface area contributed by atoms with Crippen molar-refractivity contribution < 1.29 is 9.59 Å². The summed E-state index contributed by atoms with van der Waals surface area (Å²) in [5.74, 6) is -0.575. The van der Waals surface area contributed by atoms with Crippen LogP contribution in [0.4, 0.5) is 5.69 Å². The van der Waals surface area contributed by atoms with E-state index < -0.39 is 0 Å². The second-order valence-corrected chi connectivity index (χ2v) is 6.36. The zero-order valence-corrected chi connectivity index (χ0v) is 15.5. The Hall–Kier alpha value is -3.18. The smallest absolute Gasteiger partial charge is 0.255 e. The van der Waals surface area contributed by atoms with Gasteiger partial charge in [-0.15, -0.1) is 0 Å². The summed E-state index contributed by atoms with van der Waals surface area (Å²) < 4.78 is 0. The second-order valence-electron chi connectivity index (χ2n) is 5.95. The fourth-order valence-electron chi connectivity index (χ4n) is 2.51. The molecule has 0 bridgehead atoms. The Morgan fingerprint density at radius 2 is 1.70 bits per heavy atom. The lowest BCUT2D eigenvalue weighted by atomic mass is 10.1. The lowest BCUT2D eigenvalue weighted by Gasteiger charge is -2.10. The third kappa shape index (κ3) is 4.71. The number of anilines is 1. The average Bonchev–Trinajstić information content (AvgIpc) is 2.70. The first kappa shape index (κ1) is 18.6. The van der Waals surface area contributed by atoms with Gasteiger partial charge in [0, 0.05) is 28.0 Å². The molecule has 27 heavy (non-hydrogen) atoms. The van der Waals surface area contributed by atoms with Crippen LogP contribution in [0.25, 0.3) is 0 Å². The molecule has 0 spiro atoms. The number of halogens is 1. The van der Waals surface area contributed by atoms with Crippen molar-refractivity contribution in [2.75, 3.05) is 5.32 Å². The van der Waals surface area contributed by atoms with Crippen LogP contribution in [-0.4, -0.2) is 16.8 Å². The number of rotatable bonds is 5. The van der Waals surface area contributed by atoms with E-state index in [9.17, 15) is 9.59 Å². The number of hydrogen-bond donors (Lipinski definition) is 2. The summed E-state index contributed by atoms with van der Waals surface area (Å²) in [5.41, 5.74) is 2.98. The third-order valence-electron chi connectivity index (χ3n) is 4.06. The maximum absolute atomic E-state index is 12.5.